The maximum atomic E-state index is 12.3. The average molecular weight is 328 g/mol. The van der Waals surface area contributed by atoms with Gasteiger partial charge in [-0.25, -0.2) is 4.79 Å². The quantitative estimate of drug-likeness (QED) is 0.259. The van der Waals surface area contributed by atoms with Crippen LogP contribution in [0.5, 0.6) is 11.5 Å². The number of methoxy groups -OCH3 is 2. The van der Waals surface area contributed by atoms with Gasteiger partial charge in [0.05, 0.1) is 30.8 Å². The van der Waals surface area contributed by atoms with Gasteiger partial charge in [0.2, 0.25) is 0 Å². The van der Waals surface area contributed by atoms with E-state index in [-0.39, 0.29) is 11.3 Å². The molecule has 0 heterocycles. The minimum Gasteiger partial charge on any atom is -0.493 e. The highest BCUT2D eigenvalue weighted by molar-refractivity contribution is 5.98. The molecular weight excluding hydrogens is 318 g/mol. The lowest BCUT2D eigenvalue weighted by atomic mass is 10.1. The summed E-state index contributed by atoms with van der Waals surface area (Å²) in [4.78, 5) is 21.5. The van der Waals surface area contributed by atoms with Crippen LogP contribution in [-0.2, 0) is 9.53 Å². The third-order valence-electron chi connectivity index (χ3n) is 2.55. The van der Waals surface area contributed by atoms with Gasteiger partial charge in [0, 0.05) is 0 Å². The van der Waals surface area contributed by atoms with Crippen molar-refractivity contribution in [3.05, 3.63) is 33.4 Å². The number of ether oxygens (including phenoxy) is 3. The molecule has 0 fully saturated rings. The molecule has 122 valence electrons. The molecule has 1 aromatic carbocycles. The average Bonchev–Trinajstić information content (AvgIpc) is 2.51. The summed E-state index contributed by atoms with van der Waals surface area (Å²) >= 11 is 0. The van der Waals surface area contributed by atoms with E-state index in [0.29, 0.717) is 6.07 Å². The Balaban J connectivity index is 3.53. The van der Waals surface area contributed by atoms with Crippen LogP contribution in [0, 0.1) is 21.4 Å². The fraction of sp³-hybridized carbons (Fsp3) is 0.231. The number of halogens is 2. The number of alkyl halides is 2. The van der Waals surface area contributed by atoms with Crippen molar-refractivity contribution in [3.8, 4) is 17.6 Å². The largest absolute Gasteiger partial charge is 0.493 e. The summed E-state index contributed by atoms with van der Waals surface area (Å²) in [6.07, 6.45) is 0.888. The van der Waals surface area contributed by atoms with E-state index in [0.717, 1.165) is 26.4 Å². The molecule has 0 aliphatic heterocycles. The number of hydrogen-bond donors (Lipinski definition) is 0. The number of nitriles is 1. The van der Waals surface area contributed by atoms with Crippen molar-refractivity contribution in [2.45, 2.75) is 6.61 Å². The summed E-state index contributed by atoms with van der Waals surface area (Å²) in [5.41, 5.74) is -1.38. The molecule has 23 heavy (non-hydrogen) atoms. The molecule has 0 unspecified atom stereocenters. The van der Waals surface area contributed by atoms with Gasteiger partial charge < -0.3 is 14.2 Å². The summed E-state index contributed by atoms with van der Waals surface area (Å²) in [5, 5.41) is 19.9. The molecule has 0 amide bonds. The van der Waals surface area contributed by atoms with Gasteiger partial charge in [-0.3, -0.25) is 10.1 Å². The second-order valence-corrected chi connectivity index (χ2v) is 3.86. The smallest absolute Gasteiger partial charge is 0.387 e. The molecule has 0 radical (unpaired) electrons. The van der Waals surface area contributed by atoms with Crippen LogP contribution in [-0.4, -0.2) is 31.7 Å². The molecule has 8 nitrogen and oxygen atoms in total. The number of carbonyl (C=O) groups excluding carboxylic acids is 1. The summed E-state index contributed by atoms with van der Waals surface area (Å²) in [6, 6.07) is 3.23. The van der Waals surface area contributed by atoms with Gasteiger partial charge in [-0.1, -0.05) is 0 Å². The van der Waals surface area contributed by atoms with E-state index in [1.54, 1.807) is 0 Å². The van der Waals surface area contributed by atoms with E-state index in [9.17, 15) is 23.7 Å². The van der Waals surface area contributed by atoms with Gasteiger partial charge in [-0.05, 0) is 12.1 Å². The lowest BCUT2D eigenvalue weighted by Gasteiger charge is -2.11. The van der Waals surface area contributed by atoms with Crippen molar-refractivity contribution < 1.29 is 32.7 Å². The first-order valence-corrected chi connectivity index (χ1v) is 5.85. The molecule has 0 aliphatic carbocycles. The summed E-state index contributed by atoms with van der Waals surface area (Å²) in [7, 11) is 2.17. The molecule has 1 aromatic rings. The molecule has 0 aliphatic rings. The second kappa shape index (κ2) is 7.69. The molecule has 0 saturated carbocycles. The molecule has 0 bridgehead atoms. The molecule has 0 spiro atoms. The summed E-state index contributed by atoms with van der Waals surface area (Å²) < 4.78 is 38.0. The molecule has 0 aromatic heterocycles. The first-order valence-electron chi connectivity index (χ1n) is 5.85. The maximum Gasteiger partial charge on any atom is 0.387 e. The zero-order valence-corrected chi connectivity index (χ0v) is 11.9. The van der Waals surface area contributed by atoms with Gasteiger partial charge in [0.15, 0.2) is 11.5 Å². The van der Waals surface area contributed by atoms with Crippen molar-refractivity contribution in [3.63, 3.8) is 0 Å². The minimum atomic E-state index is -3.21. The van der Waals surface area contributed by atoms with Crippen LogP contribution in [0.1, 0.15) is 5.56 Å². The van der Waals surface area contributed by atoms with Crippen molar-refractivity contribution in [2.24, 2.45) is 0 Å². The number of carbonyl (C=O) groups is 1. The van der Waals surface area contributed by atoms with Gasteiger partial charge >= 0.3 is 12.6 Å². The first-order chi connectivity index (χ1) is 10.8. The van der Waals surface area contributed by atoms with E-state index >= 15 is 0 Å². The minimum absolute atomic E-state index is 0.213. The highest BCUT2D eigenvalue weighted by atomic mass is 19.3. The normalized spacial score (nSPS) is 10.9. The Morgan fingerprint density at radius 2 is 2.04 bits per heavy atom. The predicted molar refractivity (Wildman–Crippen MR) is 71.9 cm³/mol. The van der Waals surface area contributed by atoms with E-state index < -0.39 is 34.5 Å². The topological polar surface area (TPSA) is 112 Å². The number of nitro benzene ring substituents is 1. The highest BCUT2D eigenvalue weighted by Crippen LogP contribution is 2.36. The molecule has 0 atom stereocenters. The molecule has 0 N–H and O–H groups in total. The number of nitro groups is 1. The second-order valence-electron chi connectivity index (χ2n) is 3.86. The Hall–Kier alpha value is -3.22. The predicted octanol–water partition coefficient (Wildman–Crippen LogP) is 2.28. The van der Waals surface area contributed by atoms with Gasteiger partial charge in [-0.15, -0.1) is 0 Å². The highest BCUT2D eigenvalue weighted by Gasteiger charge is 2.22. The fourth-order valence-electron chi connectivity index (χ4n) is 1.59. The van der Waals surface area contributed by atoms with Crippen molar-refractivity contribution in [1.29, 1.82) is 5.26 Å². The third kappa shape index (κ3) is 4.37. The van der Waals surface area contributed by atoms with Gasteiger partial charge in [0.1, 0.15) is 11.6 Å². The Morgan fingerprint density at radius 3 is 2.48 bits per heavy atom. The SMILES string of the molecule is COC(=O)/C(C#N)=C/c1cc(OC)c(OC(F)F)cc1[N+](=O)[O-]. The van der Waals surface area contributed by atoms with Crippen LogP contribution < -0.4 is 9.47 Å². The fourth-order valence-corrected chi connectivity index (χ4v) is 1.59. The van der Waals surface area contributed by atoms with Crippen LogP contribution in [0.25, 0.3) is 6.08 Å². The molecule has 10 heteroatoms. The van der Waals surface area contributed by atoms with E-state index in [2.05, 4.69) is 9.47 Å². The monoisotopic (exact) mass is 328 g/mol. The van der Waals surface area contributed by atoms with E-state index in [1.807, 2.05) is 0 Å². The molecular formula is C13H10F2N2O6. The Morgan fingerprint density at radius 1 is 1.39 bits per heavy atom. The zero-order chi connectivity index (χ0) is 17.6. The Kier molecular flexibility index (Phi) is 5.96. The van der Waals surface area contributed by atoms with Gasteiger partial charge in [-0.2, -0.15) is 14.0 Å². The van der Waals surface area contributed by atoms with Crippen LogP contribution in [0.3, 0.4) is 0 Å². The van der Waals surface area contributed by atoms with E-state index in [1.165, 1.54) is 6.07 Å². The Bertz CT molecular complexity index is 696. The van der Waals surface area contributed by atoms with Gasteiger partial charge in [0.25, 0.3) is 5.69 Å². The van der Waals surface area contributed by atoms with Crippen molar-refractivity contribution in [2.75, 3.05) is 14.2 Å². The lowest BCUT2D eigenvalue weighted by Crippen LogP contribution is -2.06. The number of hydrogen-bond acceptors (Lipinski definition) is 7. The van der Waals surface area contributed by atoms with Crippen LogP contribution in [0.15, 0.2) is 17.7 Å². The number of benzene rings is 1. The summed E-state index contributed by atoms with van der Waals surface area (Å²) in [6.45, 7) is -3.21. The third-order valence-corrected chi connectivity index (χ3v) is 2.55. The van der Waals surface area contributed by atoms with Crippen molar-refractivity contribution in [1.82, 2.24) is 0 Å². The van der Waals surface area contributed by atoms with Crippen molar-refractivity contribution >= 4 is 17.7 Å². The van der Waals surface area contributed by atoms with Crippen LogP contribution in [0.2, 0.25) is 0 Å². The lowest BCUT2D eigenvalue weighted by molar-refractivity contribution is -0.385. The van der Waals surface area contributed by atoms with Crippen LogP contribution in [0.4, 0.5) is 14.5 Å². The molecule has 1 rings (SSSR count). The van der Waals surface area contributed by atoms with Crippen LogP contribution >= 0.6 is 0 Å². The zero-order valence-electron chi connectivity index (χ0n) is 11.9. The first kappa shape index (κ1) is 17.8. The summed E-state index contributed by atoms with van der Waals surface area (Å²) in [5.74, 6) is -1.79. The number of rotatable bonds is 6. The Labute approximate surface area is 128 Å². The standard InChI is InChI=1S/C13H10F2N2O6/c1-21-10-4-7(3-8(6-16)12(18)22-2)9(17(19)20)5-11(10)23-13(14)15/h3-5,13H,1-2H3/b8-3+. The maximum absolute atomic E-state index is 12.3. The number of esters is 1. The van der Waals surface area contributed by atoms with E-state index in [4.69, 9.17) is 10.00 Å². The molecule has 0 saturated heterocycles. The number of nitrogens with zero attached hydrogens (tertiary/aromatic N) is 2.